The third-order valence-electron chi connectivity index (χ3n) is 3.75. The zero-order valence-electron chi connectivity index (χ0n) is 10.8. The van der Waals surface area contributed by atoms with E-state index in [1.54, 1.807) is 0 Å². The fourth-order valence-electron chi connectivity index (χ4n) is 2.76. The molecule has 0 aliphatic carbocycles. The van der Waals surface area contributed by atoms with Gasteiger partial charge in [0.15, 0.2) is 0 Å². The predicted octanol–water partition coefficient (Wildman–Crippen LogP) is 3.12. The van der Waals surface area contributed by atoms with Gasteiger partial charge in [-0.3, -0.25) is 4.98 Å². The van der Waals surface area contributed by atoms with Gasteiger partial charge in [-0.05, 0) is 44.4 Å². The summed E-state index contributed by atoms with van der Waals surface area (Å²) in [4.78, 5) is 6.83. The SMILES string of the molecule is Cc1cc2c(N3CCCCC3)ccc(N)c2cn1. The van der Waals surface area contributed by atoms with Crippen molar-refractivity contribution in [3.05, 3.63) is 30.1 Å². The molecule has 18 heavy (non-hydrogen) atoms. The van der Waals surface area contributed by atoms with E-state index in [9.17, 15) is 0 Å². The van der Waals surface area contributed by atoms with E-state index in [2.05, 4.69) is 22.0 Å². The third-order valence-corrected chi connectivity index (χ3v) is 3.75. The Bertz CT molecular complexity index is 571. The molecule has 1 aromatic carbocycles. The van der Waals surface area contributed by atoms with Crippen molar-refractivity contribution in [2.75, 3.05) is 23.7 Å². The highest BCUT2D eigenvalue weighted by molar-refractivity contribution is 6.01. The molecule has 2 aromatic rings. The van der Waals surface area contributed by atoms with Crippen molar-refractivity contribution in [3.63, 3.8) is 0 Å². The molecule has 1 aliphatic rings. The molecule has 1 aliphatic heterocycles. The molecule has 0 spiro atoms. The molecule has 0 saturated carbocycles. The summed E-state index contributed by atoms with van der Waals surface area (Å²) in [6.45, 7) is 4.34. The van der Waals surface area contributed by atoms with Gasteiger partial charge in [-0.15, -0.1) is 0 Å². The minimum Gasteiger partial charge on any atom is -0.398 e. The number of hydrogen-bond donors (Lipinski definition) is 1. The van der Waals surface area contributed by atoms with Crippen LogP contribution in [0.1, 0.15) is 25.0 Å². The maximum atomic E-state index is 6.05. The second kappa shape index (κ2) is 4.48. The first kappa shape index (κ1) is 11.3. The van der Waals surface area contributed by atoms with E-state index in [-0.39, 0.29) is 0 Å². The monoisotopic (exact) mass is 241 g/mol. The Hall–Kier alpha value is -1.77. The van der Waals surface area contributed by atoms with Crippen LogP contribution in [0.3, 0.4) is 0 Å². The summed E-state index contributed by atoms with van der Waals surface area (Å²) >= 11 is 0. The second-order valence-electron chi connectivity index (χ2n) is 5.09. The molecule has 1 fully saturated rings. The Morgan fingerprint density at radius 3 is 2.67 bits per heavy atom. The van der Waals surface area contributed by atoms with E-state index in [0.717, 1.165) is 29.9 Å². The smallest absolute Gasteiger partial charge is 0.0448 e. The highest BCUT2D eigenvalue weighted by atomic mass is 15.1. The first-order chi connectivity index (χ1) is 8.75. The number of fused-ring (bicyclic) bond motifs is 1. The lowest BCUT2D eigenvalue weighted by Gasteiger charge is -2.30. The molecule has 3 heteroatoms. The zero-order chi connectivity index (χ0) is 12.5. The van der Waals surface area contributed by atoms with Crippen LogP contribution in [0.2, 0.25) is 0 Å². The van der Waals surface area contributed by atoms with Gasteiger partial charge in [0.1, 0.15) is 0 Å². The molecule has 0 amide bonds. The summed E-state index contributed by atoms with van der Waals surface area (Å²) in [6.07, 6.45) is 5.82. The molecule has 3 nitrogen and oxygen atoms in total. The summed E-state index contributed by atoms with van der Waals surface area (Å²) < 4.78 is 0. The number of nitrogen functional groups attached to an aromatic ring is 1. The van der Waals surface area contributed by atoms with Gasteiger partial charge < -0.3 is 10.6 Å². The minimum absolute atomic E-state index is 0.818. The number of anilines is 2. The number of pyridine rings is 1. The number of piperidine rings is 1. The predicted molar refractivity (Wildman–Crippen MR) is 77.0 cm³/mol. The number of aryl methyl sites for hydroxylation is 1. The van der Waals surface area contributed by atoms with Crippen molar-refractivity contribution in [1.29, 1.82) is 0 Å². The third kappa shape index (κ3) is 1.90. The molecule has 0 atom stereocenters. The van der Waals surface area contributed by atoms with Gasteiger partial charge in [0.2, 0.25) is 0 Å². The maximum absolute atomic E-state index is 6.05. The average molecular weight is 241 g/mol. The molecule has 1 saturated heterocycles. The summed E-state index contributed by atoms with van der Waals surface area (Å²) in [7, 11) is 0. The van der Waals surface area contributed by atoms with Gasteiger partial charge in [-0.25, -0.2) is 0 Å². The topological polar surface area (TPSA) is 42.1 Å². The molecular formula is C15H19N3. The van der Waals surface area contributed by atoms with Crippen LogP contribution in [0.5, 0.6) is 0 Å². The molecular weight excluding hydrogens is 222 g/mol. The number of aromatic nitrogens is 1. The Morgan fingerprint density at radius 1 is 1.11 bits per heavy atom. The Kier molecular flexibility index (Phi) is 2.82. The van der Waals surface area contributed by atoms with E-state index >= 15 is 0 Å². The molecule has 0 bridgehead atoms. The van der Waals surface area contributed by atoms with Crippen LogP contribution < -0.4 is 10.6 Å². The van der Waals surface area contributed by atoms with Crippen molar-refractivity contribution in [3.8, 4) is 0 Å². The minimum atomic E-state index is 0.818. The number of nitrogens with two attached hydrogens (primary N) is 1. The van der Waals surface area contributed by atoms with Crippen LogP contribution in [0, 0.1) is 6.92 Å². The van der Waals surface area contributed by atoms with Gasteiger partial charge in [-0.1, -0.05) is 0 Å². The standard InChI is InChI=1S/C15H19N3/c1-11-9-12-13(10-17-11)14(16)5-6-15(12)18-7-3-2-4-8-18/h5-6,9-10H,2-4,7-8,16H2,1H3. The fraction of sp³-hybridized carbons (Fsp3) is 0.400. The van der Waals surface area contributed by atoms with Gasteiger partial charge in [0.25, 0.3) is 0 Å². The van der Waals surface area contributed by atoms with Crippen molar-refractivity contribution in [2.45, 2.75) is 26.2 Å². The lowest BCUT2D eigenvalue weighted by atomic mass is 10.0. The van der Waals surface area contributed by atoms with E-state index < -0.39 is 0 Å². The van der Waals surface area contributed by atoms with Crippen LogP contribution in [0.15, 0.2) is 24.4 Å². The Morgan fingerprint density at radius 2 is 1.89 bits per heavy atom. The van der Waals surface area contributed by atoms with Crippen LogP contribution in [-0.4, -0.2) is 18.1 Å². The van der Waals surface area contributed by atoms with Gasteiger partial charge in [0, 0.05) is 47.1 Å². The lowest BCUT2D eigenvalue weighted by Crippen LogP contribution is -2.29. The van der Waals surface area contributed by atoms with Crippen molar-refractivity contribution < 1.29 is 0 Å². The van der Waals surface area contributed by atoms with Gasteiger partial charge >= 0.3 is 0 Å². The quantitative estimate of drug-likeness (QED) is 0.780. The van der Waals surface area contributed by atoms with E-state index in [4.69, 9.17) is 5.73 Å². The van der Waals surface area contributed by atoms with Crippen LogP contribution >= 0.6 is 0 Å². The number of nitrogens with zero attached hydrogens (tertiary/aromatic N) is 2. The Labute approximate surface area is 108 Å². The summed E-state index contributed by atoms with van der Waals surface area (Å²) in [5.41, 5.74) is 9.22. The normalized spacial score (nSPS) is 16.2. The zero-order valence-corrected chi connectivity index (χ0v) is 10.8. The first-order valence-electron chi connectivity index (χ1n) is 6.65. The van der Waals surface area contributed by atoms with Crippen molar-refractivity contribution in [2.24, 2.45) is 0 Å². The molecule has 3 rings (SSSR count). The number of benzene rings is 1. The molecule has 0 unspecified atom stereocenters. The molecule has 94 valence electrons. The Balaban J connectivity index is 2.16. The van der Waals surface area contributed by atoms with Crippen molar-refractivity contribution >= 4 is 22.1 Å². The first-order valence-corrected chi connectivity index (χ1v) is 6.65. The van der Waals surface area contributed by atoms with Crippen molar-refractivity contribution in [1.82, 2.24) is 4.98 Å². The van der Waals surface area contributed by atoms with Crippen LogP contribution in [0.4, 0.5) is 11.4 Å². The lowest BCUT2D eigenvalue weighted by molar-refractivity contribution is 0.579. The summed E-state index contributed by atoms with van der Waals surface area (Å²) in [5, 5.41) is 2.31. The maximum Gasteiger partial charge on any atom is 0.0448 e. The largest absolute Gasteiger partial charge is 0.398 e. The highest BCUT2D eigenvalue weighted by Crippen LogP contribution is 2.32. The molecule has 2 heterocycles. The summed E-state index contributed by atoms with van der Waals surface area (Å²) in [5.74, 6) is 0. The average Bonchev–Trinajstić information content (AvgIpc) is 2.40. The highest BCUT2D eigenvalue weighted by Gasteiger charge is 2.14. The van der Waals surface area contributed by atoms with Gasteiger partial charge in [0.05, 0.1) is 0 Å². The summed E-state index contributed by atoms with van der Waals surface area (Å²) in [6, 6.07) is 6.31. The van der Waals surface area contributed by atoms with E-state index in [0.29, 0.717) is 0 Å². The van der Waals surface area contributed by atoms with Crippen LogP contribution in [0.25, 0.3) is 10.8 Å². The fourth-order valence-corrected chi connectivity index (χ4v) is 2.76. The number of hydrogen-bond acceptors (Lipinski definition) is 3. The van der Waals surface area contributed by atoms with Gasteiger partial charge in [-0.2, -0.15) is 0 Å². The molecule has 1 aromatic heterocycles. The number of rotatable bonds is 1. The van der Waals surface area contributed by atoms with Crippen LogP contribution in [-0.2, 0) is 0 Å². The molecule has 2 N–H and O–H groups in total. The second-order valence-corrected chi connectivity index (χ2v) is 5.09. The van der Waals surface area contributed by atoms with E-state index in [1.807, 2.05) is 19.2 Å². The van der Waals surface area contributed by atoms with E-state index in [1.165, 1.54) is 30.3 Å². The molecule has 0 radical (unpaired) electrons.